The average molecular weight is 202 g/mol. The summed E-state index contributed by atoms with van der Waals surface area (Å²) in [5, 5.41) is 18.6. The average Bonchev–Trinajstić information content (AvgIpc) is 2.10. The second kappa shape index (κ2) is 3.96. The summed E-state index contributed by atoms with van der Waals surface area (Å²) in [5.41, 5.74) is 6.95. The first-order valence-electron chi connectivity index (χ1n) is 3.91. The van der Waals surface area contributed by atoms with E-state index in [4.69, 9.17) is 22.4 Å². The van der Waals surface area contributed by atoms with Crippen LogP contribution in [0.3, 0.4) is 0 Å². The molecule has 0 fully saturated rings. The van der Waals surface area contributed by atoms with Crippen LogP contribution in [0.15, 0.2) is 12.1 Å². The molecule has 13 heavy (non-hydrogen) atoms. The predicted octanol–water partition coefficient (Wildman–Crippen LogP) is 1.35. The lowest BCUT2D eigenvalue weighted by atomic mass is 10.0. The molecule has 4 N–H and O–H groups in total. The van der Waals surface area contributed by atoms with E-state index in [9.17, 15) is 5.11 Å². The summed E-state index contributed by atoms with van der Waals surface area (Å²) in [7, 11) is 0. The summed E-state index contributed by atoms with van der Waals surface area (Å²) in [6, 6.07) is 2.77. The van der Waals surface area contributed by atoms with Gasteiger partial charge in [-0.3, -0.25) is 0 Å². The Morgan fingerprint density at radius 3 is 2.69 bits per heavy atom. The van der Waals surface area contributed by atoms with Gasteiger partial charge in [-0.15, -0.1) is 0 Å². The van der Waals surface area contributed by atoms with Crippen molar-refractivity contribution in [3.8, 4) is 5.75 Å². The molecule has 0 amide bonds. The number of halogens is 1. The number of aryl methyl sites for hydroxylation is 1. The maximum absolute atomic E-state index is 9.50. The first-order chi connectivity index (χ1) is 6.06. The maximum atomic E-state index is 9.50. The first kappa shape index (κ1) is 10.3. The summed E-state index contributed by atoms with van der Waals surface area (Å²) in [5.74, 6) is -0.0474. The molecule has 72 valence electrons. The van der Waals surface area contributed by atoms with E-state index < -0.39 is 6.04 Å². The van der Waals surface area contributed by atoms with Crippen LogP contribution >= 0.6 is 11.6 Å². The molecule has 0 aliphatic carbocycles. The molecule has 1 rings (SSSR count). The van der Waals surface area contributed by atoms with Crippen molar-refractivity contribution in [3.63, 3.8) is 0 Å². The van der Waals surface area contributed by atoms with E-state index in [2.05, 4.69) is 0 Å². The van der Waals surface area contributed by atoms with Gasteiger partial charge in [0.05, 0.1) is 17.7 Å². The lowest BCUT2D eigenvalue weighted by molar-refractivity contribution is 0.265. The SMILES string of the molecule is Cc1cc(Cl)c(O)c([C@@H](N)CO)c1. The molecule has 0 aromatic heterocycles. The Balaban J connectivity index is 3.20. The normalized spacial score (nSPS) is 12.9. The smallest absolute Gasteiger partial charge is 0.139 e. The van der Waals surface area contributed by atoms with Gasteiger partial charge in [-0.25, -0.2) is 0 Å². The molecule has 0 spiro atoms. The minimum absolute atomic E-state index is 0.0474. The molecule has 3 nitrogen and oxygen atoms in total. The van der Waals surface area contributed by atoms with E-state index in [1.165, 1.54) is 0 Å². The minimum Gasteiger partial charge on any atom is -0.506 e. The van der Waals surface area contributed by atoms with Gasteiger partial charge in [-0.2, -0.15) is 0 Å². The third-order valence-corrected chi connectivity index (χ3v) is 2.12. The first-order valence-corrected chi connectivity index (χ1v) is 4.29. The molecule has 0 unspecified atom stereocenters. The topological polar surface area (TPSA) is 66.5 Å². The fraction of sp³-hybridized carbons (Fsp3) is 0.333. The van der Waals surface area contributed by atoms with Gasteiger partial charge in [-0.05, 0) is 18.6 Å². The number of rotatable bonds is 2. The predicted molar refractivity (Wildman–Crippen MR) is 51.9 cm³/mol. The van der Waals surface area contributed by atoms with Crippen LogP contribution < -0.4 is 5.73 Å². The van der Waals surface area contributed by atoms with Gasteiger partial charge < -0.3 is 15.9 Å². The maximum Gasteiger partial charge on any atom is 0.139 e. The van der Waals surface area contributed by atoms with E-state index in [1.807, 2.05) is 6.92 Å². The highest BCUT2D eigenvalue weighted by Gasteiger charge is 2.12. The molecule has 1 aromatic carbocycles. The number of aliphatic hydroxyl groups excluding tert-OH is 1. The van der Waals surface area contributed by atoms with Gasteiger partial charge in [0.1, 0.15) is 5.75 Å². The Kier molecular flexibility index (Phi) is 3.14. The molecule has 4 heteroatoms. The Morgan fingerprint density at radius 1 is 1.54 bits per heavy atom. The van der Waals surface area contributed by atoms with Gasteiger partial charge >= 0.3 is 0 Å². The van der Waals surface area contributed by atoms with Crippen LogP contribution in [-0.2, 0) is 0 Å². The lowest BCUT2D eigenvalue weighted by Gasteiger charge is -2.12. The van der Waals surface area contributed by atoms with Gasteiger partial charge in [-0.1, -0.05) is 17.7 Å². The Morgan fingerprint density at radius 2 is 2.15 bits per heavy atom. The molecule has 1 aromatic rings. The Bertz CT molecular complexity index is 315. The lowest BCUT2D eigenvalue weighted by Crippen LogP contribution is -2.14. The quantitative estimate of drug-likeness (QED) is 0.677. The largest absolute Gasteiger partial charge is 0.506 e. The molecular weight excluding hydrogens is 190 g/mol. The number of nitrogens with two attached hydrogens (primary N) is 1. The van der Waals surface area contributed by atoms with Gasteiger partial charge in [0.15, 0.2) is 0 Å². The van der Waals surface area contributed by atoms with Crippen molar-refractivity contribution >= 4 is 11.6 Å². The van der Waals surface area contributed by atoms with E-state index in [0.717, 1.165) is 5.56 Å². The van der Waals surface area contributed by atoms with E-state index >= 15 is 0 Å². The van der Waals surface area contributed by atoms with E-state index in [1.54, 1.807) is 12.1 Å². The highest BCUT2D eigenvalue weighted by molar-refractivity contribution is 6.32. The van der Waals surface area contributed by atoms with Crippen LogP contribution in [0.25, 0.3) is 0 Å². The van der Waals surface area contributed by atoms with E-state index in [-0.39, 0.29) is 17.4 Å². The molecule has 1 atom stereocenters. The van der Waals surface area contributed by atoms with Crippen molar-refractivity contribution in [2.45, 2.75) is 13.0 Å². The molecule has 0 heterocycles. The highest BCUT2D eigenvalue weighted by Crippen LogP contribution is 2.31. The summed E-state index contributed by atoms with van der Waals surface area (Å²) in [4.78, 5) is 0. The second-order valence-electron chi connectivity index (χ2n) is 2.97. The summed E-state index contributed by atoms with van der Waals surface area (Å²) < 4.78 is 0. The molecule has 0 saturated heterocycles. The molecule has 0 aliphatic rings. The van der Waals surface area contributed by atoms with Crippen molar-refractivity contribution in [2.24, 2.45) is 5.73 Å². The van der Waals surface area contributed by atoms with Gasteiger partial charge in [0.25, 0.3) is 0 Å². The number of aromatic hydroxyl groups is 1. The van der Waals surface area contributed by atoms with Crippen molar-refractivity contribution in [2.75, 3.05) is 6.61 Å². The summed E-state index contributed by atoms with van der Waals surface area (Å²) in [6.07, 6.45) is 0. The van der Waals surface area contributed by atoms with Crippen molar-refractivity contribution in [1.82, 2.24) is 0 Å². The molecule has 0 radical (unpaired) electrons. The van der Waals surface area contributed by atoms with Crippen LogP contribution in [-0.4, -0.2) is 16.8 Å². The van der Waals surface area contributed by atoms with Gasteiger partial charge in [0, 0.05) is 5.56 Å². The molecule has 0 bridgehead atoms. The van der Waals surface area contributed by atoms with Gasteiger partial charge in [0.2, 0.25) is 0 Å². The Hall–Kier alpha value is -0.770. The second-order valence-corrected chi connectivity index (χ2v) is 3.38. The fourth-order valence-corrected chi connectivity index (χ4v) is 1.42. The van der Waals surface area contributed by atoms with Crippen LogP contribution in [0.5, 0.6) is 5.75 Å². The number of benzene rings is 1. The molecule has 0 saturated carbocycles. The standard InChI is InChI=1S/C9H12ClNO2/c1-5-2-6(8(11)4-12)9(13)7(10)3-5/h2-3,8,12-13H,4,11H2,1H3/t8-/m0/s1. The third-order valence-electron chi connectivity index (χ3n) is 1.83. The molecular formula is C9H12ClNO2. The zero-order valence-corrected chi connectivity index (χ0v) is 8.04. The van der Waals surface area contributed by atoms with E-state index in [0.29, 0.717) is 5.56 Å². The van der Waals surface area contributed by atoms with Crippen LogP contribution in [0.1, 0.15) is 17.2 Å². The summed E-state index contributed by atoms with van der Waals surface area (Å²) in [6.45, 7) is 1.63. The van der Waals surface area contributed by atoms with Crippen molar-refractivity contribution in [3.05, 3.63) is 28.3 Å². The zero-order chi connectivity index (χ0) is 10.0. The number of phenolic OH excluding ortho intramolecular Hbond substituents is 1. The number of aliphatic hydroxyl groups is 1. The number of hydrogen-bond acceptors (Lipinski definition) is 3. The highest BCUT2D eigenvalue weighted by atomic mass is 35.5. The van der Waals surface area contributed by atoms with Crippen LogP contribution in [0, 0.1) is 6.92 Å². The number of hydrogen-bond donors (Lipinski definition) is 3. The minimum atomic E-state index is -0.586. The third kappa shape index (κ3) is 2.12. The van der Waals surface area contributed by atoms with Crippen LogP contribution in [0.2, 0.25) is 5.02 Å². The number of phenols is 1. The van der Waals surface area contributed by atoms with Crippen molar-refractivity contribution < 1.29 is 10.2 Å². The molecule has 0 aliphatic heterocycles. The van der Waals surface area contributed by atoms with Crippen LogP contribution in [0.4, 0.5) is 0 Å². The van der Waals surface area contributed by atoms with Crippen molar-refractivity contribution in [1.29, 1.82) is 0 Å². The monoisotopic (exact) mass is 201 g/mol. The Labute approximate surface area is 81.8 Å². The zero-order valence-electron chi connectivity index (χ0n) is 7.29. The summed E-state index contributed by atoms with van der Waals surface area (Å²) >= 11 is 5.73. The fourth-order valence-electron chi connectivity index (χ4n) is 1.14.